The minimum atomic E-state index is 1.32. The van der Waals surface area contributed by atoms with Gasteiger partial charge in [-0.2, -0.15) is 0 Å². The van der Waals surface area contributed by atoms with Crippen molar-refractivity contribution in [2.45, 2.75) is 40.5 Å². The number of rotatable bonds is 1. The van der Waals surface area contributed by atoms with E-state index in [0.717, 1.165) is 0 Å². The number of hydrogen-bond acceptors (Lipinski definition) is 0. The third-order valence-electron chi connectivity index (χ3n) is 0.500. The van der Waals surface area contributed by atoms with Gasteiger partial charge in [0, 0.05) is 0 Å². The molecule has 0 saturated heterocycles. The lowest BCUT2D eigenvalue weighted by Gasteiger charge is -1.68. The summed E-state index contributed by atoms with van der Waals surface area (Å²) in [4.78, 5) is 0. The van der Waals surface area contributed by atoms with Gasteiger partial charge in [0.1, 0.15) is 1.37 Å². The molecule has 0 aromatic rings. The predicted octanol–water partition coefficient (Wildman–Crippen LogP) is 3.08. The Morgan fingerprint density at radius 3 is 1.38 bits per heavy atom. The SMILES string of the molecule is CC.CCCC.[3H]C#C. The molecule has 0 fully saturated rings. The maximum absolute atomic E-state index is 5.74. The average Bonchev–Trinajstić information content (AvgIpc) is 1.94. The second kappa shape index (κ2) is 83.3. The van der Waals surface area contributed by atoms with Crippen molar-refractivity contribution in [2.24, 2.45) is 0 Å². The summed E-state index contributed by atoms with van der Waals surface area (Å²) in [6.45, 7) is 8.36. The molecule has 0 aromatic heterocycles. The molecule has 50 valence electrons. The van der Waals surface area contributed by atoms with Crippen LogP contribution in [-0.4, -0.2) is 0 Å². The smallest absolute Gasteiger partial charge is 0.124 e. The highest BCUT2D eigenvalue weighted by molar-refractivity contribution is 4.47. The molecule has 0 unspecified atom stereocenters. The van der Waals surface area contributed by atoms with Crippen molar-refractivity contribution in [2.75, 3.05) is 0 Å². The van der Waals surface area contributed by atoms with Crippen LogP contribution in [0, 0.1) is 12.8 Å². The van der Waals surface area contributed by atoms with E-state index in [-0.39, 0.29) is 0 Å². The quantitative estimate of drug-likeness (QED) is 0.462. The Labute approximate surface area is 55.7 Å². The molecule has 0 spiro atoms. The van der Waals surface area contributed by atoms with E-state index in [1.54, 1.807) is 0 Å². The van der Waals surface area contributed by atoms with E-state index in [4.69, 9.17) is 1.37 Å². The van der Waals surface area contributed by atoms with Crippen LogP contribution in [-0.2, 0) is 0 Å². The molecule has 0 heterocycles. The molecular formula is C8H18. The van der Waals surface area contributed by atoms with Crippen LogP contribution < -0.4 is 0 Å². The summed E-state index contributed by atoms with van der Waals surface area (Å²) in [5.41, 5.74) is 0. The summed E-state index contributed by atoms with van der Waals surface area (Å²) in [6.07, 6.45) is 8.40. The monoisotopic (exact) mass is 116 g/mol. The van der Waals surface area contributed by atoms with Gasteiger partial charge in [-0.3, -0.25) is 0 Å². The molecule has 0 bridgehead atoms. The third kappa shape index (κ3) is 369. The van der Waals surface area contributed by atoms with Crippen LogP contribution in [0.2, 0.25) is 0 Å². The zero-order chi connectivity index (χ0) is 8.12. The molecular weight excluding hydrogens is 96.1 g/mol. The molecule has 0 aliphatic rings. The summed E-state index contributed by atoms with van der Waals surface area (Å²) >= 11 is 0. The summed E-state index contributed by atoms with van der Waals surface area (Å²) in [5.74, 6) is 0. The molecule has 0 amide bonds. The number of hydrogen-bond donors (Lipinski definition) is 0. The van der Waals surface area contributed by atoms with Crippen LogP contribution in [0.15, 0.2) is 0 Å². The second-order valence-electron chi connectivity index (χ2n) is 1.000. The van der Waals surface area contributed by atoms with Crippen molar-refractivity contribution in [3.05, 3.63) is 0 Å². The van der Waals surface area contributed by atoms with E-state index < -0.39 is 0 Å². The van der Waals surface area contributed by atoms with Crippen LogP contribution in [0.3, 0.4) is 0 Å². The van der Waals surface area contributed by atoms with Crippen LogP contribution >= 0.6 is 0 Å². The van der Waals surface area contributed by atoms with E-state index in [9.17, 15) is 0 Å². The lowest BCUT2D eigenvalue weighted by Crippen LogP contribution is -1.47. The van der Waals surface area contributed by atoms with Gasteiger partial charge in [-0.05, 0) is 0 Å². The van der Waals surface area contributed by atoms with Crippen LogP contribution in [0.4, 0.5) is 0 Å². The van der Waals surface area contributed by atoms with Gasteiger partial charge >= 0.3 is 0 Å². The van der Waals surface area contributed by atoms with Gasteiger partial charge < -0.3 is 0 Å². The van der Waals surface area contributed by atoms with E-state index in [2.05, 4.69) is 20.3 Å². The summed E-state index contributed by atoms with van der Waals surface area (Å²) in [7, 11) is 0. The largest absolute Gasteiger partial charge is 0.124 e. The highest BCUT2D eigenvalue weighted by atomic mass is 13.6. The fourth-order valence-electron chi connectivity index (χ4n) is 0. The maximum atomic E-state index is 5.74. The van der Waals surface area contributed by atoms with Crippen molar-refractivity contribution < 1.29 is 1.37 Å². The summed E-state index contributed by atoms with van der Waals surface area (Å²) < 4.78 is 5.74. The molecule has 0 rings (SSSR count). The molecule has 0 aliphatic carbocycles. The van der Waals surface area contributed by atoms with Gasteiger partial charge in [0.05, 0.1) is 0 Å². The fraction of sp³-hybridized carbons (Fsp3) is 0.750. The topological polar surface area (TPSA) is 0 Å². The fourth-order valence-corrected chi connectivity index (χ4v) is 0. The highest BCUT2D eigenvalue weighted by Crippen LogP contribution is 1.76. The molecule has 0 radical (unpaired) electrons. The second-order valence-corrected chi connectivity index (χ2v) is 1.000. The van der Waals surface area contributed by atoms with E-state index in [0.29, 0.717) is 0 Å². The Morgan fingerprint density at radius 1 is 1.25 bits per heavy atom. The minimum Gasteiger partial charge on any atom is -0.124 e. The third-order valence-corrected chi connectivity index (χ3v) is 0.500. The molecule has 0 saturated carbocycles. The molecule has 0 aliphatic heterocycles. The van der Waals surface area contributed by atoms with Gasteiger partial charge in [0.25, 0.3) is 0 Å². The molecule has 0 atom stereocenters. The Morgan fingerprint density at radius 2 is 1.38 bits per heavy atom. The van der Waals surface area contributed by atoms with Crippen LogP contribution in [0.25, 0.3) is 0 Å². The molecule has 0 N–H and O–H groups in total. The first-order valence-corrected chi connectivity index (χ1v) is 3.20. The van der Waals surface area contributed by atoms with Crippen molar-refractivity contribution in [3.8, 4) is 12.8 Å². The Kier molecular flexibility index (Phi) is 110. The average molecular weight is 116 g/mol. The first-order valence-electron chi connectivity index (χ1n) is 3.70. The minimum absolute atomic E-state index is 1.32. The molecule has 8 heavy (non-hydrogen) atoms. The van der Waals surface area contributed by atoms with Crippen molar-refractivity contribution in [3.63, 3.8) is 0 Å². The van der Waals surface area contributed by atoms with Gasteiger partial charge in [-0.1, -0.05) is 40.5 Å². The van der Waals surface area contributed by atoms with E-state index >= 15 is 0 Å². The highest BCUT2D eigenvalue weighted by Gasteiger charge is 1.56. The van der Waals surface area contributed by atoms with Crippen LogP contribution in [0.1, 0.15) is 41.9 Å². The summed E-state index contributed by atoms with van der Waals surface area (Å²) in [6, 6.07) is 0. The molecule has 0 nitrogen and oxygen atoms in total. The first kappa shape index (κ1) is 10.5. The van der Waals surface area contributed by atoms with E-state index in [1.165, 1.54) is 19.2 Å². The normalized spacial score (nSPS) is 5.62. The molecule has 0 aromatic carbocycles. The Bertz CT molecular complexity index is 41.0. The van der Waals surface area contributed by atoms with Gasteiger partial charge in [0.15, 0.2) is 0 Å². The van der Waals surface area contributed by atoms with E-state index in [1.807, 2.05) is 13.8 Å². The lowest BCUT2D eigenvalue weighted by molar-refractivity contribution is 0.886. The van der Waals surface area contributed by atoms with Gasteiger partial charge in [0.2, 0.25) is 0 Å². The first-order chi connectivity index (χ1) is 4.33. The maximum Gasteiger partial charge on any atom is 0.124 e. The zero-order valence-corrected chi connectivity index (χ0v) is 6.49. The zero-order valence-electron chi connectivity index (χ0n) is 7.49. The van der Waals surface area contributed by atoms with Crippen molar-refractivity contribution >= 4 is 0 Å². The number of unbranched alkanes of at least 4 members (excludes halogenated alkanes) is 1. The lowest BCUT2D eigenvalue weighted by atomic mass is 10.4. The van der Waals surface area contributed by atoms with Crippen molar-refractivity contribution in [1.82, 2.24) is 0 Å². The Balaban J connectivity index is -0.0000000646. The predicted molar refractivity (Wildman–Crippen MR) is 41.8 cm³/mol. The summed E-state index contributed by atoms with van der Waals surface area (Å²) in [5, 5.41) is 0. The molecule has 0 heteroatoms. The van der Waals surface area contributed by atoms with Gasteiger partial charge in [-0.15, -0.1) is 12.8 Å². The van der Waals surface area contributed by atoms with Crippen molar-refractivity contribution in [1.29, 1.82) is 0 Å². The standard InChI is InChI=1S/C4H10.C2H6.C2H2/c1-3-4-2;2*1-2/h3-4H2,1-2H3;1-2H3;1-2H/i;;1T. The Hall–Kier alpha value is -0.440. The van der Waals surface area contributed by atoms with Gasteiger partial charge in [-0.25, -0.2) is 0 Å². The van der Waals surface area contributed by atoms with Crippen LogP contribution in [0.5, 0.6) is 0 Å². The number of terminal acetylenes is 1.